The number of carbonyl (C=O) groups excluding carboxylic acids is 1. The van der Waals surface area contributed by atoms with Crippen molar-refractivity contribution in [1.82, 2.24) is 0 Å². The van der Waals surface area contributed by atoms with Gasteiger partial charge in [0.1, 0.15) is 17.1 Å². The van der Waals surface area contributed by atoms with Gasteiger partial charge in [0.25, 0.3) is 0 Å². The number of hydrogen-bond acceptors (Lipinski definition) is 7. The van der Waals surface area contributed by atoms with Crippen molar-refractivity contribution in [2.24, 2.45) is 0 Å². The lowest BCUT2D eigenvalue weighted by Crippen LogP contribution is -2.29. The highest BCUT2D eigenvalue weighted by molar-refractivity contribution is 5.82. The summed E-state index contributed by atoms with van der Waals surface area (Å²) in [6.45, 7) is 2.46. The monoisotopic (exact) mass is 536 g/mol. The fourth-order valence-electron chi connectivity index (χ4n) is 3.38. The standard InChI is InChI=1S/C26H17F5O7/c1-11-24(38-16-7-5-4-6-15(16)34-3)23(32)14-9-8-13(10-17(14)35-11)37-26(33)12(2)36-25-21(30)19(28)18(27)20(29)22(25)31/h4-10,12H,1-3H3. The Morgan fingerprint density at radius 1 is 0.868 bits per heavy atom. The van der Waals surface area contributed by atoms with Crippen LogP contribution in [0.1, 0.15) is 12.7 Å². The number of ether oxygens (including phenoxy) is 4. The normalized spacial score (nSPS) is 11.8. The molecule has 198 valence electrons. The number of methoxy groups -OCH3 is 1. The molecule has 0 aliphatic rings. The van der Waals surface area contributed by atoms with Crippen LogP contribution >= 0.6 is 0 Å². The minimum atomic E-state index is -2.37. The Morgan fingerprint density at radius 3 is 2.11 bits per heavy atom. The van der Waals surface area contributed by atoms with Gasteiger partial charge in [-0.2, -0.15) is 8.78 Å². The van der Waals surface area contributed by atoms with Crippen molar-refractivity contribution in [3.05, 3.63) is 87.5 Å². The molecule has 0 bridgehead atoms. The lowest BCUT2D eigenvalue weighted by atomic mass is 10.2. The van der Waals surface area contributed by atoms with Crippen molar-refractivity contribution in [2.45, 2.75) is 20.0 Å². The highest BCUT2D eigenvalue weighted by Gasteiger charge is 2.30. The van der Waals surface area contributed by atoms with Crippen LogP contribution in [-0.4, -0.2) is 19.2 Å². The number of para-hydroxylation sites is 2. The van der Waals surface area contributed by atoms with E-state index in [-0.39, 0.29) is 34.0 Å². The Morgan fingerprint density at radius 2 is 1.47 bits per heavy atom. The largest absolute Gasteiger partial charge is 0.493 e. The number of fused-ring (bicyclic) bond motifs is 1. The summed E-state index contributed by atoms with van der Waals surface area (Å²) in [4.78, 5) is 25.4. The Labute approximate surface area is 210 Å². The molecular formula is C26H17F5O7. The highest BCUT2D eigenvalue weighted by Crippen LogP contribution is 2.33. The second-order valence-electron chi connectivity index (χ2n) is 7.81. The van der Waals surface area contributed by atoms with Crippen molar-refractivity contribution < 1.29 is 50.1 Å². The molecule has 0 fully saturated rings. The number of benzene rings is 3. The molecule has 0 spiro atoms. The van der Waals surface area contributed by atoms with E-state index in [0.29, 0.717) is 5.75 Å². The van der Waals surface area contributed by atoms with E-state index in [2.05, 4.69) is 4.74 Å². The summed E-state index contributed by atoms with van der Waals surface area (Å²) in [5.74, 6) is -13.7. The number of esters is 1. The molecule has 12 heteroatoms. The van der Waals surface area contributed by atoms with Crippen LogP contribution in [0.15, 0.2) is 51.7 Å². The summed E-state index contributed by atoms with van der Waals surface area (Å²) in [6.07, 6.45) is -1.79. The van der Waals surface area contributed by atoms with Crippen molar-refractivity contribution >= 4 is 16.9 Å². The zero-order valence-corrected chi connectivity index (χ0v) is 19.9. The minimum absolute atomic E-state index is 0.0125. The van der Waals surface area contributed by atoms with E-state index in [1.54, 1.807) is 24.3 Å². The van der Waals surface area contributed by atoms with Gasteiger partial charge in [0.15, 0.2) is 23.4 Å². The first-order chi connectivity index (χ1) is 18.0. The molecule has 0 aliphatic carbocycles. The first kappa shape index (κ1) is 26.5. The molecular weight excluding hydrogens is 519 g/mol. The van der Waals surface area contributed by atoms with Gasteiger partial charge in [0.2, 0.25) is 40.3 Å². The zero-order chi connectivity index (χ0) is 27.7. The van der Waals surface area contributed by atoms with Gasteiger partial charge in [0.05, 0.1) is 12.5 Å². The first-order valence-electron chi connectivity index (χ1n) is 10.8. The van der Waals surface area contributed by atoms with Crippen molar-refractivity contribution in [3.8, 4) is 28.7 Å². The third-order valence-electron chi connectivity index (χ3n) is 5.28. The number of carbonyl (C=O) groups is 1. The molecule has 1 heterocycles. The molecule has 0 radical (unpaired) electrons. The lowest BCUT2D eigenvalue weighted by molar-refractivity contribution is -0.141. The predicted octanol–water partition coefficient (Wildman–Crippen LogP) is 5.97. The fourth-order valence-corrected chi connectivity index (χ4v) is 3.38. The van der Waals surface area contributed by atoms with Gasteiger partial charge in [-0.15, -0.1) is 0 Å². The van der Waals surface area contributed by atoms with E-state index in [0.717, 1.165) is 6.92 Å². The van der Waals surface area contributed by atoms with Crippen LogP contribution in [0.25, 0.3) is 11.0 Å². The summed E-state index contributed by atoms with van der Waals surface area (Å²) in [7, 11) is 1.44. The zero-order valence-electron chi connectivity index (χ0n) is 19.9. The molecule has 1 atom stereocenters. The van der Waals surface area contributed by atoms with E-state index < -0.39 is 52.3 Å². The molecule has 0 aliphatic heterocycles. The topological polar surface area (TPSA) is 84.2 Å². The van der Waals surface area contributed by atoms with Gasteiger partial charge < -0.3 is 23.4 Å². The van der Waals surface area contributed by atoms with E-state index in [1.807, 2.05) is 0 Å². The summed E-state index contributed by atoms with van der Waals surface area (Å²) >= 11 is 0. The van der Waals surface area contributed by atoms with Crippen LogP contribution in [0.3, 0.4) is 0 Å². The number of rotatable bonds is 7. The SMILES string of the molecule is COc1ccccc1Oc1c(C)oc2cc(OC(=O)C(C)Oc3c(F)c(F)c(F)c(F)c3F)ccc2c1=O. The lowest BCUT2D eigenvalue weighted by Gasteiger charge is -2.16. The molecule has 4 rings (SSSR count). The van der Waals surface area contributed by atoms with Crippen LogP contribution in [-0.2, 0) is 4.79 Å². The minimum Gasteiger partial charge on any atom is -0.493 e. The van der Waals surface area contributed by atoms with Gasteiger partial charge in [0, 0.05) is 6.07 Å². The van der Waals surface area contributed by atoms with Crippen molar-refractivity contribution in [2.75, 3.05) is 7.11 Å². The Kier molecular flexibility index (Phi) is 7.24. The predicted molar refractivity (Wildman–Crippen MR) is 122 cm³/mol. The van der Waals surface area contributed by atoms with Crippen LogP contribution in [0.4, 0.5) is 22.0 Å². The number of halogens is 5. The van der Waals surface area contributed by atoms with Crippen molar-refractivity contribution in [3.63, 3.8) is 0 Å². The van der Waals surface area contributed by atoms with E-state index in [1.165, 1.54) is 32.2 Å². The van der Waals surface area contributed by atoms with E-state index in [9.17, 15) is 31.5 Å². The molecule has 3 aromatic carbocycles. The maximum atomic E-state index is 13.9. The summed E-state index contributed by atoms with van der Waals surface area (Å²) in [6, 6.07) is 10.4. The average Bonchev–Trinajstić information content (AvgIpc) is 2.91. The van der Waals surface area contributed by atoms with Crippen LogP contribution in [0.5, 0.6) is 28.7 Å². The molecule has 38 heavy (non-hydrogen) atoms. The average molecular weight is 536 g/mol. The van der Waals surface area contributed by atoms with Crippen LogP contribution in [0, 0.1) is 36.0 Å². The highest BCUT2D eigenvalue weighted by atomic mass is 19.2. The van der Waals surface area contributed by atoms with Crippen molar-refractivity contribution in [1.29, 1.82) is 0 Å². The van der Waals surface area contributed by atoms with Crippen LogP contribution in [0.2, 0.25) is 0 Å². The molecule has 4 aromatic rings. The Bertz CT molecular complexity index is 1590. The number of aryl methyl sites for hydroxylation is 1. The van der Waals surface area contributed by atoms with Crippen LogP contribution < -0.4 is 24.4 Å². The summed E-state index contributed by atoms with van der Waals surface area (Å²) < 4.78 is 94.1. The molecule has 1 aromatic heterocycles. The first-order valence-corrected chi connectivity index (χ1v) is 10.8. The Hall–Kier alpha value is -4.61. The third-order valence-corrected chi connectivity index (χ3v) is 5.28. The number of hydrogen-bond donors (Lipinski definition) is 0. The van der Waals surface area contributed by atoms with E-state index in [4.69, 9.17) is 18.6 Å². The molecule has 1 unspecified atom stereocenters. The fraction of sp³-hybridized carbons (Fsp3) is 0.154. The molecule has 0 saturated carbocycles. The Balaban J connectivity index is 1.57. The molecule has 0 saturated heterocycles. The molecule has 0 amide bonds. The second-order valence-corrected chi connectivity index (χ2v) is 7.81. The van der Waals surface area contributed by atoms with Gasteiger partial charge in [-0.3, -0.25) is 4.79 Å². The maximum absolute atomic E-state index is 13.9. The third kappa shape index (κ3) is 4.84. The second kappa shape index (κ2) is 10.4. The van der Waals surface area contributed by atoms with Gasteiger partial charge in [-0.1, -0.05) is 12.1 Å². The van der Waals surface area contributed by atoms with Gasteiger partial charge >= 0.3 is 5.97 Å². The van der Waals surface area contributed by atoms with Gasteiger partial charge in [-0.05, 0) is 38.1 Å². The van der Waals surface area contributed by atoms with E-state index >= 15 is 0 Å². The smallest absolute Gasteiger partial charge is 0.352 e. The quantitative estimate of drug-likeness (QED) is 0.0946. The molecule has 7 nitrogen and oxygen atoms in total. The summed E-state index contributed by atoms with van der Waals surface area (Å²) in [5, 5.41) is 0.0750. The maximum Gasteiger partial charge on any atom is 0.352 e. The molecule has 0 N–H and O–H groups in total. The summed E-state index contributed by atoms with van der Waals surface area (Å²) in [5.41, 5.74) is -0.519. The van der Waals surface area contributed by atoms with Gasteiger partial charge in [-0.25, -0.2) is 18.0 Å².